The highest BCUT2D eigenvalue weighted by atomic mass is 15.2. The van der Waals surface area contributed by atoms with E-state index in [1.165, 1.54) is 44.3 Å². The topological polar surface area (TPSA) is 7.12 Å². The molecule has 1 aromatic heterocycles. The number of likely N-dealkylation sites (N-methyl/N-ethyl adjacent to an activating group) is 1. The fourth-order valence-electron chi connectivity index (χ4n) is 5.39. The van der Waals surface area contributed by atoms with Crippen LogP contribution < -0.4 is 9.47 Å². The van der Waals surface area contributed by atoms with Gasteiger partial charge in [0.25, 0.3) is 0 Å². The monoisotopic (exact) mass is 419 g/mol. The van der Waals surface area contributed by atoms with E-state index in [0.717, 1.165) is 13.1 Å². The van der Waals surface area contributed by atoms with Gasteiger partial charge in [-0.1, -0.05) is 62.4 Å². The van der Waals surface area contributed by atoms with E-state index in [-0.39, 0.29) is 5.41 Å². The Labute approximate surface area is 191 Å². The van der Waals surface area contributed by atoms with Crippen LogP contribution in [0.3, 0.4) is 0 Å². The van der Waals surface area contributed by atoms with Crippen LogP contribution in [0.25, 0.3) is 27.8 Å². The van der Waals surface area contributed by atoms with Crippen molar-refractivity contribution in [3.05, 3.63) is 102 Å². The van der Waals surface area contributed by atoms with Crippen molar-refractivity contribution in [1.82, 2.24) is 0 Å². The van der Waals surface area contributed by atoms with Gasteiger partial charge in [0.05, 0.1) is 0 Å². The van der Waals surface area contributed by atoms with Crippen LogP contribution in [0.15, 0.2) is 90.6 Å². The quantitative estimate of drug-likeness (QED) is 0.323. The maximum atomic E-state index is 2.47. The molecule has 0 spiro atoms. The average molecular weight is 420 g/mol. The van der Waals surface area contributed by atoms with Gasteiger partial charge in [0, 0.05) is 46.9 Å². The van der Waals surface area contributed by atoms with E-state index >= 15 is 0 Å². The summed E-state index contributed by atoms with van der Waals surface area (Å²) in [5.74, 6) is 0. The molecule has 32 heavy (non-hydrogen) atoms. The second-order valence-corrected chi connectivity index (χ2v) is 9.02. The number of allylic oxidation sites excluding steroid dienone is 3. The SMILES string of the molecule is CCN1/C(=C/C=C/c2ccc3ccccc3[n+]2CC)C(C)(C)c2c1ccc1ccccc21. The van der Waals surface area contributed by atoms with Crippen molar-refractivity contribution in [1.29, 1.82) is 0 Å². The molecule has 0 unspecified atom stereocenters. The van der Waals surface area contributed by atoms with Crippen molar-refractivity contribution in [3.63, 3.8) is 0 Å². The number of para-hydroxylation sites is 1. The molecule has 0 aliphatic carbocycles. The van der Waals surface area contributed by atoms with Crippen LogP contribution in [0.4, 0.5) is 5.69 Å². The molecule has 0 bridgehead atoms. The molecule has 4 aromatic rings. The Morgan fingerprint density at radius 3 is 2.34 bits per heavy atom. The number of anilines is 1. The summed E-state index contributed by atoms with van der Waals surface area (Å²) < 4.78 is 2.38. The summed E-state index contributed by atoms with van der Waals surface area (Å²) in [7, 11) is 0. The number of rotatable bonds is 4. The number of aryl methyl sites for hydroxylation is 1. The lowest BCUT2D eigenvalue weighted by Gasteiger charge is -2.26. The molecular weight excluding hydrogens is 388 g/mol. The minimum absolute atomic E-state index is 0.0549. The van der Waals surface area contributed by atoms with E-state index in [2.05, 4.69) is 128 Å². The second-order valence-electron chi connectivity index (χ2n) is 9.02. The van der Waals surface area contributed by atoms with Crippen molar-refractivity contribution in [2.24, 2.45) is 0 Å². The predicted molar refractivity (Wildman–Crippen MR) is 137 cm³/mol. The van der Waals surface area contributed by atoms with Gasteiger partial charge in [0.2, 0.25) is 11.2 Å². The third-order valence-corrected chi connectivity index (χ3v) is 6.88. The van der Waals surface area contributed by atoms with Crippen LogP contribution in [-0.2, 0) is 12.0 Å². The van der Waals surface area contributed by atoms with Gasteiger partial charge in [-0.2, -0.15) is 4.57 Å². The zero-order valence-electron chi connectivity index (χ0n) is 19.5. The van der Waals surface area contributed by atoms with Crippen LogP contribution >= 0.6 is 0 Å². The number of pyridine rings is 1. The van der Waals surface area contributed by atoms with Crippen molar-refractivity contribution < 1.29 is 4.57 Å². The fraction of sp³-hybridized carbons (Fsp3) is 0.233. The van der Waals surface area contributed by atoms with Crippen LogP contribution in [0.1, 0.15) is 39.0 Å². The molecule has 160 valence electrons. The number of fused-ring (bicyclic) bond motifs is 4. The van der Waals surface area contributed by atoms with E-state index < -0.39 is 0 Å². The van der Waals surface area contributed by atoms with Gasteiger partial charge < -0.3 is 4.90 Å². The zero-order valence-corrected chi connectivity index (χ0v) is 19.5. The molecule has 0 fully saturated rings. The van der Waals surface area contributed by atoms with Crippen molar-refractivity contribution >= 4 is 33.4 Å². The van der Waals surface area contributed by atoms with Gasteiger partial charge in [0.15, 0.2) is 0 Å². The molecule has 1 aliphatic heterocycles. The van der Waals surface area contributed by atoms with Gasteiger partial charge in [-0.3, -0.25) is 0 Å². The van der Waals surface area contributed by atoms with Crippen molar-refractivity contribution in [2.45, 2.75) is 39.7 Å². The number of aromatic nitrogens is 1. The third kappa shape index (κ3) is 3.14. The molecule has 0 amide bonds. The third-order valence-electron chi connectivity index (χ3n) is 6.88. The van der Waals surface area contributed by atoms with E-state index in [1.807, 2.05) is 0 Å². The highest BCUT2D eigenvalue weighted by molar-refractivity contribution is 5.94. The first kappa shape index (κ1) is 20.5. The van der Waals surface area contributed by atoms with Gasteiger partial charge in [-0.15, -0.1) is 0 Å². The number of benzene rings is 3. The van der Waals surface area contributed by atoms with E-state index in [9.17, 15) is 0 Å². The van der Waals surface area contributed by atoms with Gasteiger partial charge in [0.1, 0.15) is 6.54 Å². The Kier molecular flexibility index (Phi) is 5.09. The van der Waals surface area contributed by atoms with Crippen LogP contribution in [0, 0.1) is 0 Å². The lowest BCUT2D eigenvalue weighted by molar-refractivity contribution is -0.669. The smallest absolute Gasteiger partial charge is 0.212 e. The van der Waals surface area contributed by atoms with Crippen LogP contribution in [0.5, 0.6) is 0 Å². The van der Waals surface area contributed by atoms with E-state index in [0.29, 0.717) is 0 Å². The lowest BCUT2D eigenvalue weighted by Crippen LogP contribution is -2.36. The summed E-state index contributed by atoms with van der Waals surface area (Å²) in [5, 5.41) is 3.95. The number of hydrogen-bond donors (Lipinski definition) is 0. The lowest BCUT2D eigenvalue weighted by atomic mass is 9.81. The molecule has 2 nitrogen and oxygen atoms in total. The highest BCUT2D eigenvalue weighted by Gasteiger charge is 2.40. The highest BCUT2D eigenvalue weighted by Crippen LogP contribution is 2.50. The molecule has 2 heterocycles. The molecule has 0 N–H and O–H groups in total. The molecule has 2 heteroatoms. The van der Waals surface area contributed by atoms with Gasteiger partial charge >= 0.3 is 0 Å². The van der Waals surface area contributed by atoms with Crippen LogP contribution in [0.2, 0.25) is 0 Å². The maximum Gasteiger partial charge on any atom is 0.212 e. The number of nitrogens with zero attached hydrogens (tertiary/aromatic N) is 2. The molecular formula is C30H31N2+. The van der Waals surface area contributed by atoms with Crippen molar-refractivity contribution in [2.75, 3.05) is 11.4 Å². The standard InChI is InChI=1S/C30H31N2/c1-5-31-24(20-18-23-13-8-10-16-26(23)31)14-11-17-28-30(3,4)29-25-15-9-7-12-22(25)19-21-27(29)32(28)6-2/h7-21H,5-6H2,1-4H3/q+1. The fourth-order valence-corrected chi connectivity index (χ4v) is 5.39. The zero-order chi connectivity index (χ0) is 22.3. The summed E-state index contributed by atoms with van der Waals surface area (Å²) in [6.07, 6.45) is 6.78. The molecule has 5 rings (SSSR count). The first-order valence-electron chi connectivity index (χ1n) is 11.7. The average Bonchev–Trinajstić information content (AvgIpc) is 3.04. The Hall–Kier alpha value is -3.39. The first-order chi connectivity index (χ1) is 15.6. The maximum absolute atomic E-state index is 2.47. The molecule has 3 aromatic carbocycles. The largest absolute Gasteiger partial charge is 0.344 e. The molecule has 0 radical (unpaired) electrons. The molecule has 0 atom stereocenters. The van der Waals surface area contributed by atoms with E-state index in [4.69, 9.17) is 0 Å². The van der Waals surface area contributed by atoms with Crippen molar-refractivity contribution in [3.8, 4) is 0 Å². The second kappa shape index (κ2) is 7.94. The Balaban J connectivity index is 1.59. The first-order valence-corrected chi connectivity index (χ1v) is 11.7. The minimum atomic E-state index is -0.0549. The molecule has 0 saturated heterocycles. The van der Waals surface area contributed by atoms with E-state index in [1.54, 1.807) is 0 Å². The van der Waals surface area contributed by atoms with Gasteiger partial charge in [-0.25, -0.2) is 0 Å². The Morgan fingerprint density at radius 2 is 1.56 bits per heavy atom. The normalized spacial score (nSPS) is 16.5. The minimum Gasteiger partial charge on any atom is -0.344 e. The predicted octanol–water partition coefficient (Wildman–Crippen LogP) is 7.02. The Bertz CT molecular complexity index is 1370. The summed E-state index contributed by atoms with van der Waals surface area (Å²) >= 11 is 0. The summed E-state index contributed by atoms with van der Waals surface area (Å²) in [5.41, 5.74) is 6.58. The summed E-state index contributed by atoms with van der Waals surface area (Å²) in [4.78, 5) is 2.47. The molecule has 1 aliphatic rings. The Morgan fingerprint density at radius 1 is 0.844 bits per heavy atom. The molecule has 0 saturated carbocycles. The van der Waals surface area contributed by atoms with Crippen LogP contribution in [-0.4, -0.2) is 6.54 Å². The van der Waals surface area contributed by atoms with Gasteiger partial charge in [-0.05, 0) is 54.5 Å². The summed E-state index contributed by atoms with van der Waals surface area (Å²) in [6.45, 7) is 11.1. The summed E-state index contributed by atoms with van der Waals surface area (Å²) in [6, 6.07) is 26.3. The number of hydrogen-bond acceptors (Lipinski definition) is 1.